The molecule has 3 aromatic rings. The predicted molar refractivity (Wildman–Crippen MR) is 96.4 cm³/mol. The maximum Gasteiger partial charge on any atom is 0.269 e. The first kappa shape index (κ1) is 15.6. The first-order valence-electron chi connectivity index (χ1n) is 8.35. The van der Waals surface area contributed by atoms with Gasteiger partial charge in [-0.25, -0.2) is 0 Å². The molecule has 1 aliphatic rings. The number of rotatable bonds is 4. The Morgan fingerprint density at radius 1 is 1.08 bits per heavy atom. The molecule has 2 aromatic carbocycles. The van der Waals surface area contributed by atoms with Crippen molar-refractivity contribution in [3.63, 3.8) is 0 Å². The van der Waals surface area contributed by atoms with E-state index in [9.17, 15) is 10.1 Å². The van der Waals surface area contributed by atoms with Crippen LogP contribution in [0.15, 0.2) is 42.6 Å². The number of ether oxygens (including phenoxy) is 1. The normalized spacial score (nSPS) is 13.8. The van der Waals surface area contributed by atoms with Crippen LogP contribution in [0.1, 0.15) is 35.4 Å². The summed E-state index contributed by atoms with van der Waals surface area (Å²) in [6.45, 7) is 4.12. The SMILES string of the molecule is Cc1cc2nccc(Oc3ccc([N+](=O)[O-])cc3C3CC3)c2cc1C. The van der Waals surface area contributed by atoms with Gasteiger partial charge in [-0.2, -0.15) is 0 Å². The number of non-ortho nitro benzene ring substituents is 1. The third-order valence-corrected chi connectivity index (χ3v) is 4.76. The molecule has 0 spiro atoms. The molecule has 0 aliphatic heterocycles. The van der Waals surface area contributed by atoms with Crippen LogP contribution in [0.5, 0.6) is 11.5 Å². The minimum Gasteiger partial charge on any atom is -0.456 e. The topological polar surface area (TPSA) is 65.3 Å². The van der Waals surface area contributed by atoms with E-state index in [1.54, 1.807) is 18.3 Å². The Morgan fingerprint density at radius 3 is 2.56 bits per heavy atom. The third-order valence-electron chi connectivity index (χ3n) is 4.76. The molecule has 0 bridgehead atoms. The third kappa shape index (κ3) is 2.93. The van der Waals surface area contributed by atoms with Crippen LogP contribution in [0.4, 0.5) is 5.69 Å². The zero-order valence-electron chi connectivity index (χ0n) is 14.2. The van der Waals surface area contributed by atoms with Crippen molar-refractivity contribution in [1.29, 1.82) is 0 Å². The van der Waals surface area contributed by atoms with Gasteiger partial charge in [-0.05, 0) is 68.0 Å². The average molecular weight is 334 g/mol. The number of fused-ring (bicyclic) bond motifs is 1. The van der Waals surface area contributed by atoms with Crippen molar-refractivity contribution in [2.45, 2.75) is 32.6 Å². The molecule has 1 aromatic heterocycles. The van der Waals surface area contributed by atoms with Gasteiger partial charge in [0.1, 0.15) is 11.5 Å². The zero-order valence-corrected chi connectivity index (χ0v) is 14.2. The molecule has 0 unspecified atom stereocenters. The fourth-order valence-electron chi connectivity index (χ4n) is 3.04. The minimum absolute atomic E-state index is 0.111. The van der Waals surface area contributed by atoms with Gasteiger partial charge in [0.2, 0.25) is 0 Å². The summed E-state index contributed by atoms with van der Waals surface area (Å²) in [5.41, 5.74) is 4.28. The van der Waals surface area contributed by atoms with Gasteiger partial charge in [0, 0.05) is 29.3 Å². The van der Waals surface area contributed by atoms with E-state index in [1.165, 1.54) is 17.2 Å². The molecule has 126 valence electrons. The molecule has 5 heteroatoms. The number of nitro benzene ring substituents is 1. The molecule has 0 saturated heterocycles. The fraction of sp³-hybridized carbons (Fsp3) is 0.250. The molecule has 1 aliphatic carbocycles. The monoisotopic (exact) mass is 334 g/mol. The average Bonchev–Trinajstić information content (AvgIpc) is 3.41. The molecule has 0 N–H and O–H groups in total. The van der Waals surface area contributed by atoms with Gasteiger partial charge >= 0.3 is 0 Å². The number of hydrogen-bond acceptors (Lipinski definition) is 4. The number of benzene rings is 2. The highest BCUT2D eigenvalue weighted by atomic mass is 16.6. The fourth-order valence-corrected chi connectivity index (χ4v) is 3.04. The second kappa shape index (κ2) is 5.84. The van der Waals surface area contributed by atoms with E-state index in [2.05, 4.69) is 31.0 Å². The summed E-state index contributed by atoms with van der Waals surface area (Å²) in [4.78, 5) is 15.1. The van der Waals surface area contributed by atoms with Crippen LogP contribution >= 0.6 is 0 Å². The highest BCUT2D eigenvalue weighted by Crippen LogP contribution is 2.46. The van der Waals surface area contributed by atoms with Crippen LogP contribution in [-0.2, 0) is 0 Å². The molecule has 1 saturated carbocycles. The summed E-state index contributed by atoms with van der Waals surface area (Å²) in [5, 5.41) is 12.0. The molecular weight excluding hydrogens is 316 g/mol. The van der Waals surface area contributed by atoms with Crippen LogP contribution in [0.3, 0.4) is 0 Å². The van der Waals surface area contributed by atoms with Crippen LogP contribution in [0, 0.1) is 24.0 Å². The van der Waals surface area contributed by atoms with Crippen molar-refractivity contribution in [3.05, 3.63) is 69.4 Å². The lowest BCUT2D eigenvalue weighted by atomic mass is 10.1. The van der Waals surface area contributed by atoms with E-state index >= 15 is 0 Å². The van der Waals surface area contributed by atoms with Crippen molar-refractivity contribution in [2.75, 3.05) is 0 Å². The highest BCUT2D eigenvalue weighted by Gasteiger charge is 2.29. The lowest BCUT2D eigenvalue weighted by Gasteiger charge is -2.13. The van der Waals surface area contributed by atoms with E-state index in [4.69, 9.17) is 4.74 Å². The maximum absolute atomic E-state index is 11.1. The smallest absolute Gasteiger partial charge is 0.269 e. The van der Waals surface area contributed by atoms with Gasteiger partial charge in [0.05, 0.1) is 10.4 Å². The Kier molecular flexibility index (Phi) is 3.64. The van der Waals surface area contributed by atoms with Gasteiger partial charge in [-0.15, -0.1) is 0 Å². The molecule has 5 nitrogen and oxygen atoms in total. The Hall–Kier alpha value is -2.95. The van der Waals surface area contributed by atoms with Crippen molar-refractivity contribution >= 4 is 16.6 Å². The standard InChI is InChI=1S/C20H18N2O3/c1-12-9-17-18(10-13(12)2)21-8-7-20(17)25-19-6-5-15(22(23)24)11-16(19)14-3-4-14/h5-11,14H,3-4H2,1-2H3. The highest BCUT2D eigenvalue weighted by molar-refractivity contribution is 5.86. The lowest BCUT2D eigenvalue weighted by molar-refractivity contribution is -0.384. The number of aryl methyl sites for hydroxylation is 2. The van der Waals surface area contributed by atoms with Gasteiger partial charge in [-0.1, -0.05) is 0 Å². The summed E-state index contributed by atoms with van der Waals surface area (Å²) in [6, 6.07) is 10.8. The van der Waals surface area contributed by atoms with E-state index in [1.807, 2.05) is 6.07 Å². The zero-order chi connectivity index (χ0) is 17.6. The van der Waals surface area contributed by atoms with Crippen LogP contribution in [0.2, 0.25) is 0 Å². The van der Waals surface area contributed by atoms with Gasteiger partial charge in [0.15, 0.2) is 0 Å². The molecule has 4 rings (SSSR count). The van der Waals surface area contributed by atoms with Gasteiger partial charge < -0.3 is 4.74 Å². The Balaban J connectivity index is 1.79. The molecule has 25 heavy (non-hydrogen) atoms. The largest absolute Gasteiger partial charge is 0.456 e. The summed E-state index contributed by atoms with van der Waals surface area (Å²) in [7, 11) is 0. The number of aromatic nitrogens is 1. The summed E-state index contributed by atoms with van der Waals surface area (Å²) in [5.74, 6) is 1.77. The summed E-state index contributed by atoms with van der Waals surface area (Å²) in [6.07, 6.45) is 3.83. The van der Waals surface area contributed by atoms with E-state index in [-0.39, 0.29) is 10.6 Å². The maximum atomic E-state index is 11.1. The van der Waals surface area contributed by atoms with Crippen molar-refractivity contribution in [3.8, 4) is 11.5 Å². The Morgan fingerprint density at radius 2 is 1.84 bits per heavy atom. The molecular formula is C20H18N2O3. The quantitative estimate of drug-likeness (QED) is 0.471. The Bertz CT molecular complexity index is 994. The van der Waals surface area contributed by atoms with Crippen molar-refractivity contribution in [2.24, 2.45) is 0 Å². The van der Waals surface area contributed by atoms with Gasteiger partial charge in [-0.3, -0.25) is 15.1 Å². The van der Waals surface area contributed by atoms with Crippen LogP contribution in [0.25, 0.3) is 10.9 Å². The first-order valence-corrected chi connectivity index (χ1v) is 8.35. The summed E-state index contributed by atoms with van der Waals surface area (Å²) < 4.78 is 6.19. The molecule has 0 atom stereocenters. The van der Waals surface area contributed by atoms with E-state index in [0.29, 0.717) is 11.7 Å². The van der Waals surface area contributed by atoms with Crippen molar-refractivity contribution < 1.29 is 9.66 Å². The lowest BCUT2D eigenvalue weighted by Crippen LogP contribution is -1.95. The van der Waals surface area contributed by atoms with E-state index < -0.39 is 0 Å². The number of nitrogens with zero attached hydrogens (tertiary/aromatic N) is 2. The van der Waals surface area contributed by atoms with Crippen molar-refractivity contribution in [1.82, 2.24) is 4.98 Å². The van der Waals surface area contributed by atoms with Crippen LogP contribution < -0.4 is 4.74 Å². The second-order valence-electron chi connectivity index (χ2n) is 6.62. The molecule has 1 heterocycles. The van der Waals surface area contributed by atoms with E-state index in [0.717, 1.165) is 35.1 Å². The second-order valence-corrected chi connectivity index (χ2v) is 6.62. The number of pyridine rings is 1. The number of hydrogen-bond donors (Lipinski definition) is 0. The van der Waals surface area contributed by atoms with Gasteiger partial charge in [0.25, 0.3) is 5.69 Å². The first-order chi connectivity index (χ1) is 12.0. The predicted octanol–water partition coefficient (Wildman–Crippen LogP) is 5.43. The minimum atomic E-state index is -0.358. The number of nitro groups is 1. The summed E-state index contributed by atoms with van der Waals surface area (Å²) >= 11 is 0. The molecule has 1 fully saturated rings. The molecule has 0 amide bonds. The molecule has 0 radical (unpaired) electrons. The van der Waals surface area contributed by atoms with Crippen LogP contribution in [-0.4, -0.2) is 9.91 Å². The Labute approximate surface area is 145 Å².